The van der Waals surface area contributed by atoms with Crippen LogP contribution in [0.3, 0.4) is 0 Å². The topological polar surface area (TPSA) is 62.1 Å². The lowest BCUT2D eigenvalue weighted by Crippen LogP contribution is -2.41. The van der Waals surface area contributed by atoms with Gasteiger partial charge in [-0.25, -0.2) is 0 Å². The average Bonchev–Trinajstić information content (AvgIpc) is 3.45. The van der Waals surface area contributed by atoms with Crippen LogP contribution in [-0.2, 0) is 22.3 Å². The molecule has 6 rings (SSSR count). The van der Waals surface area contributed by atoms with Gasteiger partial charge in [0.05, 0.1) is 22.4 Å². The van der Waals surface area contributed by atoms with Gasteiger partial charge in [0.2, 0.25) is 0 Å². The van der Waals surface area contributed by atoms with Gasteiger partial charge >= 0.3 is 7.12 Å². The Morgan fingerprint density at radius 1 is 0.939 bits per heavy atom. The monoisotopic (exact) mass is 438 g/mol. The van der Waals surface area contributed by atoms with Gasteiger partial charge in [-0.3, -0.25) is 14.6 Å². The van der Waals surface area contributed by atoms with Crippen LogP contribution in [0.1, 0.15) is 39.8 Å². The number of aryl methyl sites for hydroxylation is 1. The maximum Gasteiger partial charge on any atom is 0.494 e. The Kier molecular flexibility index (Phi) is 4.51. The van der Waals surface area contributed by atoms with E-state index in [0.717, 1.165) is 52.7 Å². The number of nitrogens with zero attached hydrogens (tertiary/aromatic N) is 4. The predicted octanol–water partition coefficient (Wildman–Crippen LogP) is 4.41. The molecule has 0 spiro atoms. The molecule has 2 aliphatic heterocycles. The Bertz CT molecular complexity index is 1350. The van der Waals surface area contributed by atoms with Crippen LogP contribution in [-0.4, -0.2) is 38.1 Å². The van der Waals surface area contributed by atoms with Crippen LogP contribution in [0.5, 0.6) is 0 Å². The summed E-state index contributed by atoms with van der Waals surface area (Å²) in [4.78, 5) is 9.30. The highest BCUT2D eigenvalue weighted by Gasteiger charge is 2.51. The maximum absolute atomic E-state index is 6.27. The summed E-state index contributed by atoms with van der Waals surface area (Å²) in [7, 11) is -0.408. The quantitative estimate of drug-likeness (QED) is 0.444. The van der Waals surface area contributed by atoms with Gasteiger partial charge in [0.1, 0.15) is 5.69 Å². The highest BCUT2D eigenvalue weighted by Crippen LogP contribution is 2.40. The molecule has 0 aliphatic carbocycles. The molecular formula is C26H27BN4O2. The van der Waals surface area contributed by atoms with Gasteiger partial charge in [0, 0.05) is 35.6 Å². The second kappa shape index (κ2) is 7.24. The molecule has 0 N–H and O–H groups in total. The van der Waals surface area contributed by atoms with Crippen LogP contribution in [0.2, 0.25) is 0 Å². The molecule has 0 radical (unpaired) electrons. The molecule has 166 valence electrons. The van der Waals surface area contributed by atoms with E-state index in [-0.39, 0.29) is 11.2 Å². The molecule has 1 fully saturated rings. The van der Waals surface area contributed by atoms with Crippen molar-refractivity contribution in [3.8, 4) is 22.5 Å². The molecule has 0 amide bonds. The molecule has 6 nitrogen and oxygen atoms in total. The van der Waals surface area contributed by atoms with Crippen molar-refractivity contribution in [2.45, 2.75) is 58.3 Å². The van der Waals surface area contributed by atoms with E-state index in [1.165, 1.54) is 11.3 Å². The van der Waals surface area contributed by atoms with Crippen molar-refractivity contribution >= 4 is 23.5 Å². The second-order valence-electron chi connectivity index (χ2n) is 9.94. The fraction of sp³-hybridized carbons (Fsp3) is 0.346. The lowest BCUT2D eigenvalue weighted by molar-refractivity contribution is 0.00578. The predicted molar refractivity (Wildman–Crippen MR) is 130 cm³/mol. The number of fused-ring (bicyclic) bond motifs is 2. The SMILES string of the molecule is CC1(C)OB(c2ccc3c(-c4c(-c5ccccn5)nn5c4CCC5)ccnc3c2)OC1(C)C. The number of pyridine rings is 2. The minimum absolute atomic E-state index is 0.377. The molecule has 1 saturated heterocycles. The van der Waals surface area contributed by atoms with Crippen LogP contribution in [0.4, 0.5) is 0 Å². The third-order valence-corrected chi connectivity index (χ3v) is 7.31. The zero-order chi connectivity index (χ0) is 22.8. The van der Waals surface area contributed by atoms with Crippen LogP contribution >= 0.6 is 0 Å². The first-order valence-corrected chi connectivity index (χ1v) is 11.6. The molecule has 0 bridgehead atoms. The third-order valence-electron chi connectivity index (χ3n) is 7.31. The van der Waals surface area contributed by atoms with E-state index >= 15 is 0 Å². The van der Waals surface area contributed by atoms with Crippen molar-refractivity contribution < 1.29 is 9.31 Å². The largest absolute Gasteiger partial charge is 0.494 e. The summed E-state index contributed by atoms with van der Waals surface area (Å²) >= 11 is 0. The van der Waals surface area contributed by atoms with Crippen LogP contribution in [0.15, 0.2) is 54.9 Å². The Hall–Kier alpha value is -3.03. The Balaban J connectivity index is 1.48. The minimum Gasteiger partial charge on any atom is -0.399 e. The van der Waals surface area contributed by atoms with Crippen LogP contribution in [0.25, 0.3) is 33.4 Å². The third kappa shape index (κ3) is 3.22. The van der Waals surface area contributed by atoms with Crippen molar-refractivity contribution in [3.63, 3.8) is 0 Å². The highest BCUT2D eigenvalue weighted by molar-refractivity contribution is 6.62. The van der Waals surface area contributed by atoms with E-state index in [1.807, 2.05) is 30.6 Å². The fourth-order valence-corrected chi connectivity index (χ4v) is 4.81. The van der Waals surface area contributed by atoms with Gasteiger partial charge in [-0.15, -0.1) is 0 Å². The first-order chi connectivity index (χ1) is 15.8. The number of aromatic nitrogens is 4. The fourth-order valence-electron chi connectivity index (χ4n) is 4.81. The Morgan fingerprint density at radius 3 is 2.52 bits per heavy atom. The second-order valence-corrected chi connectivity index (χ2v) is 9.94. The van der Waals surface area contributed by atoms with Crippen molar-refractivity contribution in [3.05, 3.63) is 60.6 Å². The standard InChI is InChI=1S/C26H27BN4O2/c1-25(2)26(3,4)33-27(32-25)17-10-11-18-19(12-14-29-21(18)16-17)23-22-9-7-15-31(22)30-24(23)20-8-5-6-13-28-20/h5-6,8,10-14,16H,7,9,15H2,1-4H3. The lowest BCUT2D eigenvalue weighted by atomic mass is 9.78. The van der Waals surface area contributed by atoms with Gasteiger partial charge in [-0.2, -0.15) is 5.10 Å². The van der Waals surface area contributed by atoms with Crippen molar-refractivity contribution in [2.75, 3.05) is 0 Å². The Morgan fingerprint density at radius 2 is 1.76 bits per heavy atom. The van der Waals surface area contributed by atoms with Gasteiger partial charge in [-0.05, 0) is 75.8 Å². The molecule has 4 aromatic rings. The summed E-state index contributed by atoms with van der Waals surface area (Å²) in [6, 6.07) is 14.4. The van der Waals surface area contributed by atoms with E-state index in [9.17, 15) is 0 Å². The van der Waals surface area contributed by atoms with Gasteiger partial charge < -0.3 is 9.31 Å². The van der Waals surface area contributed by atoms with Crippen molar-refractivity contribution in [2.24, 2.45) is 0 Å². The Labute approximate surface area is 194 Å². The van der Waals surface area contributed by atoms with E-state index < -0.39 is 7.12 Å². The maximum atomic E-state index is 6.27. The molecule has 0 atom stereocenters. The molecule has 5 heterocycles. The van der Waals surface area contributed by atoms with Crippen LogP contribution < -0.4 is 5.46 Å². The van der Waals surface area contributed by atoms with E-state index in [0.29, 0.717) is 0 Å². The zero-order valence-corrected chi connectivity index (χ0v) is 19.5. The molecule has 1 aromatic carbocycles. The lowest BCUT2D eigenvalue weighted by Gasteiger charge is -2.32. The molecule has 0 unspecified atom stereocenters. The molecule has 3 aromatic heterocycles. The molecule has 7 heteroatoms. The first kappa shape index (κ1) is 20.6. The highest BCUT2D eigenvalue weighted by atomic mass is 16.7. The summed E-state index contributed by atoms with van der Waals surface area (Å²) in [5, 5.41) is 6.05. The molecule has 0 saturated carbocycles. The van der Waals surface area contributed by atoms with Gasteiger partial charge in [-0.1, -0.05) is 18.2 Å². The smallest absolute Gasteiger partial charge is 0.399 e. The number of benzene rings is 1. The molecular weight excluding hydrogens is 411 g/mol. The normalized spacial score (nSPS) is 18.7. The van der Waals surface area contributed by atoms with Crippen molar-refractivity contribution in [1.82, 2.24) is 19.7 Å². The summed E-state index contributed by atoms with van der Waals surface area (Å²) in [6.07, 6.45) is 5.84. The molecule has 33 heavy (non-hydrogen) atoms. The van der Waals surface area contributed by atoms with Crippen molar-refractivity contribution in [1.29, 1.82) is 0 Å². The van der Waals surface area contributed by atoms with E-state index in [1.54, 1.807) is 0 Å². The first-order valence-electron chi connectivity index (χ1n) is 11.6. The summed E-state index contributed by atoms with van der Waals surface area (Å²) < 4.78 is 14.7. The van der Waals surface area contributed by atoms with E-state index in [2.05, 4.69) is 61.6 Å². The van der Waals surface area contributed by atoms with Gasteiger partial charge in [0.15, 0.2) is 0 Å². The minimum atomic E-state index is -0.408. The summed E-state index contributed by atoms with van der Waals surface area (Å²) in [5.74, 6) is 0. The van der Waals surface area contributed by atoms with Gasteiger partial charge in [0.25, 0.3) is 0 Å². The number of hydrogen-bond donors (Lipinski definition) is 0. The summed E-state index contributed by atoms with van der Waals surface area (Å²) in [6.45, 7) is 9.24. The molecule has 2 aliphatic rings. The number of hydrogen-bond acceptors (Lipinski definition) is 5. The van der Waals surface area contributed by atoms with E-state index in [4.69, 9.17) is 19.4 Å². The average molecular weight is 438 g/mol. The van der Waals surface area contributed by atoms with Crippen LogP contribution in [0, 0.1) is 0 Å². The summed E-state index contributed by atoms with van der Waals surface area (Å²) in [5.41, 5.74) is 6.57. The number of rotatable bonds is 3. The zero-order valence-electron chi connectivity index (χ0n) is 19.5.